The van der Waals surface area contributed by atoms with Crippen molar-refractivity contribution in [2.75, 3.05) is 6.61 Å². The molecular formula is C7H12F2O. The Morgan fingerprint density at radius 2 is 1.90 bits per heavy atom. The maximum absolute atomic E-state index is 13.1. The Kier molecular flexibility index (Phi) is 2.24. The van der Waals surface area contributed by atoms with Crippen molar-refractivity contribution in [2.45, 2.75) is 37.5 Å². The van der Waals surface area contributed by atoms with Gasteiger partial charge in [-0.3, -0.25) is 0 Å². The van der Waals surface area contributed by atoms with E-state index in [0.29, 0.717) is 0 Å². The van der Waals surface area contributed by atoms with Crippen LogP contribution in [-0.2, 0) is 0 Å². The van der Waals surface area contributed by atoms with E-state index in [0.717, 1.165) is 0 Å². The molecule has 0 aromatic rings. The molecule has 3 heteroatoms. The van der Waals surface area contributed by atoms with E-state index in [1.807, 2.05) is 0 Å². The Morgan fingerprint density at radius 1 is 1.40 bits per heavy atom. The number of alkyl halides is 2. The topological polar surface area (TPSA) is 20.2 Å². The van der Waals surface area contributed by atoms with Gasteiger partial charge in [-0.15, -0.1) is 0 Å². The highest BCUT2D eigenvalue weighted by molar-refractivity contribution is 4.85. The van der Waals surface area contributed by atoms with Crippen molar-refractivity contribution >= 4 is 0 Å². The van der Waals surface area contributed by atoms with Gasteiger partial charge in [0.15, 0.2) is 0 Å². The van der Waals surface area contributed by atoms with Crippen molar-refractivity contribution in [3.63, 3.8) is 0 Å². The van der Waals surface area contributed by atoms with Crippen LogP contribution in [0.15, 0.2) is 0 Å². The van der Waals surface area contributed by atoms with Gasteiger partial charge in [-0.1, -0.05) is 0 Å². The van der Waals surface area contributed by atoms with E-state index in [2.05, 4.69) is 0 Å². The van der Waals surface area contributed by atoms with Crippen LogP contribution in [0, 0.1) is 0 Å². The standard InChI is InChI=1S/C7H12F2O/c8-6-1-3-7(9,5-10)4-2-6/h6,10H,1-5H2. The van der Waals surface area contributed by atoms with Gasteiger partial charge in [0, 0.05) is 0 Å². The fourth-order valence-electron chi connectivity index (χ4n) is 1.26. The van der Waals surface area contributed by atoms with Crippen LogP contribution in [0.1, 0.15) is 25.7 Å². The van der Waals surface area contributed by atoms with Gasteiger partial charge in [-0.05, 0) is 25.7 Å². The van der Waals surface area contributed by atoms with Crippen molar-refractivity contribution in [3.8, 4) is 0 Å². The zero-order valence-electron chi connectivity index (χ0n) is 5.82. The van der Waals surface area contributed by atoms with Crippen LogP contribution in [0.5, 0.6) is 0 Å². The van der Waals surface area contributed by atoms with Gasteiger partial charge in [-0.25, -0.2) is 8.78 Å². The molecule has 0 aromatic heterocycles. The van der Waals surface area contributed by atoms with Gasteiger partial charge in [0.25, 0.3) is 0 Å². The third-order valence-electron chi connectivity index (χ3n) is 2.09. The molecule has 1 saturated carbocycles. The summed E-state index contributed by atoms with van der Waals surface area (Å²) in [7, 11) is 0. The van der Waals surface area contributed by atoms with Crippen LogP contribution in [0.25, 0.3) is 0 Å². The second-order valence-corrected chi connectivity index (χ2v) is 2.98. The van der Waals surface area contributed by atoms with Gasteiger partial charge >= 0.3 is 0 Å². The lowest BCUT2D eigenvalue weighted by molar-refractivity contribution is 0.0160. The van der Waals surface area contributed by atoms with Gasteiger partial charge in [-0.2, -0.15) is 0 Å². The molecule has 0 heterocycles. The SMILES string of the molecule is OCC1(F)CCC(F)CC1. The lowest BCUT2D eigenvalue weighted by Crippen LogP contribution is -2.33. The number of hydrogen-bond acceptors (Lipinski definition) is 1. The average Bonchev–Trinajstić information content (AvgIpc) is 1.96. The summed E-state index contributed by atoms with van der Waals surface area (Å²) in [4.78, 5) is 0. The zero-order chi connectivity index (χ0) is 7.61. The molecule has 1 fully saturated rings. The first-order valence-electron chi connectivity index (χ1n) is 3.60. The Bertz CT molecular complexity index is 108. The summed E-state index contributed by atoms with van der Waals surface area (Å²) in [6, 6.07) is 0. The summed E-state index contributed by atoms with van der Waals surface area (Å²) >= 11 is 0. The Labute approximate surface area is 59.0 Å². The molecule has 1 aliphatic carbocycles. The molecule has 0 unspecified atom stereocenters. The summed E-state index contributed by atoms with van der Waals surface area (Å²) in [5.41, 5.74) is -1.48. The minimum atomic E-state index is -1.48. The number of rotatable bonds is 1. The van der Waals surface area contributed by atoms with Crippen LogP contribution in [-0.4, -0.2) is 23.6 Å². The van der Waals surface area contributed by atoms with E-state index in [4.69, 9.17) is 5.11 Å². The van der Waals surface area contributed by atoms with E-state index in [9.17, 15) is 8.78 Å². The molecular weight excluding hydrogens is 138 g/mol. The smallest absolute Gasteiger partial charge is 0.134 e. The van der Waals surface area contributed by atoms with E-state index < -0.39 is 18.4 Å². The van der Waals surface area contributed by atoms with Crippen LogP contribution in [0.2, 0.25) is 0 Å². The molecule has 0 aliphatic heterocycles. The number of halogens is 2. The summed E-state index contributed by atoms with van der Waals surface area (Å²) in [5, 5.41) is 8.54. The molecule has 1 nitrogen and oxygen atoms in total. The molecule has 1 aliphatic rings. The Morgan fingerprint density at radius 3 is 2.30 bits per heavy atom. The highest BCUT2D eigenvalue weighted by Gasteiger charge is 2.34. The number of hydrogen-bond donors (Lipinski definition) is 1. The van der Waals surface area contributed by atoms with Crippen LogP contribution >= 0.6 is 0 Å². The molecule has 0 atom stereocenters. The highest BCUT2D eigenvalue weighted by Crippen LogP contribution is 2.32. The van der Waals surface area contributed by atoms with E-state index in [1.165, 1.54) is 0 Å². The third-order valence-corrected chi connectivity index (χ3v) is 2.09. The molecule has 1 N–H and O–H groups in total. The minimum Gasteiger partial charge on any atom is -0.393 e. The normalized spacial score (nSPS) is 41.7. The van der Waals surface area contributed by atoms with Crippen molar-refractivity contribution < 1.29 is 13.9 Å². The van der Waals surface area contributed by atoms with Crippen LogP contribution in [0.3, 0.4) is 0 Å². The first-order chi connectivity index (χ1) is 4.66. The van der Waals surface area contributed by atoms with Crippen LogP contribution < -0.4 is 0 Å². The average molecular weight is 150 g/mol. The summed E-state index contributed by atoms with van der Waals surface area (Å²) in [6.45, 7) is -0.459. The van der Waals surface area contributed by atoms with Gasteiger partial charge in [0.2, 0.25) is 0 Å². The predicted octanol–water partition coefficient (Wildman–Crippen LogP) is 1.60. The fraction of sp³-hybridized carbons (Fsp3) is 1.00. The second-order valence-electron chi connectivity index (χ2n) is 2.98. The molecule has 0 radical (unpaired) electrons. The first-order valence-corrected chi connectivity index (χ1v) is 3.60. The number of aliphatic hydroxyl groups excluding tert-OH is 1. The van der Waals surface area contributed by atoms with Gasteiger partial charge in [0.1, 0.15) is 11.8 Å². The third kappa shape index (κ3) is 1.66. The largest absolute Gasteiger partial charge is 0.393 e. The first kappa shape index (κ1) is 7.92. The lowest BCUT2D eigenvalue weighted by atomic mass is 9.86. The second kappa shape index (κ2) is 2.82. The molecule has 0 amide bonds. The molecule has 60 valence electrons. The zero-order valence-corrected chi connectivity index (χ0v) is 5.82. The van der Waals surface area contributed by atoms with Crippen molar-refractivity contribution in [3.05, 3.63) is 0 Å². The lowest BCUT2D eigenvalue weighted by Gasteiger charge is -2.28. The molecule has 0 saturated heterocycles. The van der Waals surface area contributed by atoms with Crippen LogP contribution in [0.4, 0.5) is 8.78 Å². The van der Waals surface area contributed by atoms with Gasteiger partial charge in [0.05, 0.1) is 6.61 Å². The molecule has 0 bridgehead atoms. The molecule has 0 aromatic carbocycles. The fourth-order valence-corrected chi connectivity index (χ4v) is 1.26. The number of aliphatic hydroxyl groups is 1. The summed E-state index contributed by atoms with van der Waals surface area (Å²) < 4.78 is 25.5. The van der Waals surface area contributed by atoms with E-state index in [1.54, 1.807) is 0 Å². The maximum Gasteiger partial charge on any atom is 0.134 e. The van der Waals surface area contributed by atoms with Gasteiger partial charge < -0.3 is 5.11 Å². The molecule has 10 heavy (non-hydrogen) atoms. The quantitative estimate of drug-likeness (QED) is 0.602. The van der Waals surface area contributed by atoms with E-state index >= 15 is 0 Å². The Hall–Kier alpha value is -0.180. The summed E-state index contributed by atoms with van der Waals surface area (Å²) in [5.74, 6) is 0. The minimum absolute atomic E-state index is 0.171. The Balaban J connectivity index is 2.38. The maximum atomic E-state index is 13.1. The monoisotopic (exact) mass is 150 g/mol. The van der Waals surface area contributed by atoms with Crippen molar-refractivity contribution in [1.82, 2.24) is 0 Å². The van der Waals surface area contributed by atoms with Crippen molar-refractivity contribution in [1.29, 1.82) is 0 Å². The predicted molar refractivity (Wildman–Crippen MR) is 34.3 cm³/mol. The highest BCUT2D eigenvalue weighted by atomic mass is 19.1. The van der Waals surface area contributed by atoms with Crippen molar-refractivity contribution in [2.24, 2.45) is 0 Å². The molecule has 1 rings (SSSR count). The molecule has 0 spiro atoms. The van der Waals surface area contributed by atoms with E-state index in [-0.39, 0.29) is 25.7 Å². The summed E-state index contributed by atoms with van der Waals surface area (Å²) in [6.07, 6.45) is 0.0131.